The second-order valence-electron chi connectivity index (χ2n) is 7.80. The standard InChI is InChI=1S/C24H37N3O2/c1-3-5-7-15-23(28)25-22(11-4-2)24(29)27-19-17-26(18-20-27)16-10-14-21-12-8-6-9-13-21/h6,8-10,12-14,22H,3-5,7,11,15-20H2,1-2H3,(H,25,28)/b14-10+. The van der Waals surface area contributed by atoms with Gasteiger partial charge in [-0.1, -0.05) is 75.6 Å². The van der Waals surface area contributed by atoms with Gasteiger partial charge in [-0.05, 0) is 18.4 Å². The number of carbonyl (C=O) groups is 2. The van der Waals surface area contributed by atoms with Gasteiger partial charge in [0.1, 0.15) is 6.04 Å². The summed E-state index contributed by atoms with van der Waals surface area (Å²) in [7, 11) is 0. The van der Waals surface area contributed by atoms with Crippen molar-refractivity contribution in [3.63, 3.8) is 0 Å². The molecular formula is C24H37N3O2. The Kier molecular flexibility index (Phi) is 10.5. The topological polar surface area (TPSA) is 52.7 Å². The molecule has 1 aliphatic rings. The zero-order valence-electron chi connectivity index (χ0n) is 18.1. The molecule has 0 radical (unpaired) electrons. The van der Waals surface area contributed by atoms with Crippen LogP contribution in [0.15, 0.2) is 36.4 Å². The molecule has 1 atom stereocenters. The van der Waals surface area contributed by atoms with Gasteiger partial charge in [-0.15, -0.1) is 0 Å². The summed E-state index contributed by atoms with van der Waals surface area (Å²) in [6, 6.07) is 9.92. The van der Waals surface area contributed by atoms with Crippen molar-refractivity contribution in [1.82, 2.24) is 15.1 Å². The van der Waals surface area contributed by atoms with Gasteiger partial charge in [-0.2, -0.15) is 0 Å². The van der Waals surface area contributed by atoms with Gasteiger partial charge in [-0.3, -0.25) is 14.5 Å². The lowest BCUT2D eigenvalue weighted by atomic mass is 10.1. The Labute approximate surface area is 176 Å². The van der Waals surface area contributed by atoms with Gasteiger partial charge in [-0.25, -0.2) is 0 Å². The molecule has 0 saturated carbocycles. The van der Waals surface area contributed by atoms with Gasteiger partial charge in [0.2, 0.25) is 11.8 Å². The molecule has 0 bridgehead atoms. The van der Waals surface area contributed by atoms with Gasteiger partial charge < -0.3 is 10.2 Å². The number of hydrogen-bond donors (Lipinski definition) is 1. The van der Waals surface area contributed by atoms with Gasteiger partial charge in [0, 0.05) is 39.1 Å². The van der Waals surface area contributed by atoms with Crippen molar-refractivity contribution in [3.8, 4) is 0 Å². The van der Waals surface area contributed by atoms with Crippen LogP contribution in [0.2, 0.25) is 0 Å². The summed E-state index contributed by atoms with van der Waals surface area (Å²) in [5.74, 6) is 0.0881. The Morgan fingerprint density at radius 3 is 2.41 bits per heavy atom. The molecule has 160 valence electrons. The average molecular weight is 400 g/mol. The molecule has 1 fully saturated rings. The fraction of sp³-hybridized carbons (Fsp3) is 0.583. The normalized spacial score (nSPS) is 16.1. The molecular weight excluding hydrogens is 362 g/mol. The van der Waals surface area contributed by atoms with E-state index in [9.17, 15) is 9.59 Å². The van der Waals surface area contributed by atoms with Crippen molar-refractivity contribution >= 4 is 17.9 Å². The molecule has 1 heterocycles. The average Bonchev–Trinajstić information content (AvgIpc) is 2.74. The van der Waals surface area contributed by atoms with E-state index >= 15 is 0 Å². The highest BCUT2D eigenvalue weighted by atomic mass is 16.2. The first-order valence-corrected chi connectivity index (χ1v) is 11.2. The number of nitrogens with zero attached hydrogens (tertiary/aromatic N) is 2. The predicted molar refractivity (Wildman–Crippen MR) is 119 cm³/mol. The largest absolute Gasteiger partial charge is 0.344 e. The van der Waals surface area contributed by atoms with Crippen LogP contribution in [-0.4, -0.2) is 60.4 Å². The second-order valence-corrected chi connectivity index (χ2v) is 7.80. The first-order chi connectivity index (χ1) is 14.1. The summed E-state index contributed by atoms with van der Waals surface area (Å²) in [5, 5.41) is 2.98. The highest BCUT2D eigenvalue weighted by Crippen LogP contribution is 2.09. The van der Waals surface area contributed by atoms with Crippen molar-refractivity contribution in [2.45, 2.75) is 58.4 Å². The third-order valence-corrected chi connectivity index (χ3v) is 5.38. The highest BCUT2D eigenvalue weighted by molar-refractivity contribution is 5.87. The summed E-state index contributed by atoms with van der Waals surface area (Å²) in [6.07, 6.45) is 9.48. The molecule has 29 heavy (non-hydrogen) atoms. The molecule has 0 spiro atoms. The van der Waals surface area contributed by atoms with Crippen LogP contribution >= 0.6 is 0 Å². The number of rotatable bonds is 11. The Morgan fingerprint density at radius 2 is 1.76 bits per heavy atom. The third kappa shape index (κ3) is 8.40. The summed E-state index contributed by atoms with van der Waals surface area (Å²) in [5.41, 5.74) is 1.21. The minimum atomic E-state index is -0.376. The summed E-state index contributed by atoms with van der Waals surface area (Å²) in [6.45, 7) is 8.26. The smallest absolute Gasteiger partial charge is 0.245 e. The van der Waals surface area contributed by atoms with Crippen LogP contribution in [0, 0.1) is 0 Å². The number of nitrogens with one attached hydrogen (secondary N) is 1. The molecule has 1 N–H and O–H groups in total. The molecule has 1 aromatic rings. The molecule has 0 aliphatic carbocycles. The van der Waals surface area contributed by atoms with E-state index in [-0.39, 0.29) is 17.9 Å². The minimum Gasteiger partial charge on any atom is -0.344 e. The van der Waals surface area contributed by atoms with Crippen LogP contribution in [0.1, 0.15) is 57.9 Å². The molecule has 2 rings (SSSR count). The lowest BCUT2D eigenvalue weighted by molar-refractivity contribution is -0.138. The van der Waals surface area contributed by atoms with Gasteiger partial charge >= 0.3 is 0 Å². The summed E-state index contributed by atoms with van der Waals surface area (Å²) in [4.78, 5) is 29.4. The molecule has 1 aliphatic heterocycles. The zero-order valence-corrected chi connectivity index (χ0v) is 18.1. The first-order valence-electron chi connectivity index (χ1n) is 11.2. The van der Waals surface area contributed by atoms with Crippen LogP contribution in [0.3, 0.4) is 0 Å². The van der Waals surface area contributed by atoms with Crippen molar-refractivity contribution < 1.29 is 9.59 Å². The molecule has 0 aromatic heterocycles. The summed E-state index contributed by atoms with van der Waals surface area (Å²) >= 11 is 0. The molecule has 5 heteroatoms. The van der Waals surface area contributed by atoms with Crippen molar-refractivity contribution in [3.05, 3.63) is 42.0 Å². The van der Waals surface area contributed by atoms with Crippen LogP contribution in [0.25, 0.3) is 6.08 Å². The quantitative estimate of drug-likeness (QED) is 0.577. The Bertz CT molecular complexity index is 637. The third-order valence-electron chi connectivity index (χ3n) is 5.38. The van der Waals surface area contributed by atoms with E-state index in [4.69, 9.17) is 0 Å². The first kappa shape index (κ1) is 23.1. The summed E-state index contributed by atoms with van der Waals surface area (Å²) < 4.78 is 0. The van der Waals surface area contributed by atoms with E-state index < -0.39 is 0 Å². The number of amides is 2. The van der Waals surface area contributed by atoms with E-state index in [1.54, 1.807) is 0 Å². The molecule has 5 nitrogen and oxygen atoms in total. The number of hydrogen-bond acceptors (Lipinski definition) is 3. The van der Waals surface area contributed by atoms with Gasteiger partial charge in [0.15, 0.2) is 0 Å². The van der Waals surface area contributed by atoms with Crippen molar-refractivity contribution in [2.24, 2.45) is 0 Å². The molecule has 2 amide bonds. The number of benzene rings is 1. The van der Waals surface area contributed by atoms with Crippen molar-refractivity contribution in [2.75, 3.05) is 32.7 Å². The number of unbranched alkanes of at least 4 members (excludes halogenated alkanes) is 2. The van der Waals surface area contributed by atoms with Crippen molar-refractivity contribution in [1.29, 1.82) is 0 Å². The molecule has 1 unspecified atom stereocenters. The van der Waals surface area contributed by atoms with E-state index in [0.29, 0.717) is 12.8 Å². The van der Waals surface area contributed by atoms with Crippen LogP contribution in [0.5, 0.6) is 0 Å². The Hall–Kier alpha value is -2.14. The second kappa shape index (κ2) is 13.2. The fourth-order valence-corrected chi connectivity index (χ4v) is 3.62. The van der Waals surface area contributed by atoms with Gasteiger partial charge in [0.05, 0.1) is 0 Å². The van der Waals surface area contributed by atoms with Crippen LogP contribution in [0.4, 0.5) is 0 Å². The Morgan fingerprint density at radius 1 is 1.03 bits per heavy atom. The highest BCUT2D eigenvalue weighted by Gasteiger charge is 2.27. The predicted octanol–water partition coefficient (Wildman–Crippen LogP) is 3.71. The molecule has 1 saturated heterocycles. The lowest BCUT2D eigenvalue weighted by Gasteiger charge is -2.36. The van der Waals surface area contributed by atoms with E-state index in [1.165, 1.54) is 5.56 Å². The lowest BCUT2D eigenvalue weighted by Crippen LogP contribution is -2.54. The maximum absolute atomic E-state index is 12.9. The van der Waals surface area contributed by atoms with Gasteiger partial charge in [0.25, 0.3) is 0 Å². The number of carbonyl (C=O) groups excluding carboxylic acids is 2. The zero-order chi connectivity index (χ0) is 20.9. The van der Waals surface area contributed by atoms with E-state index in [1.807, 2.05) is 23.1 Å². The maximum atomic E-state index is 12.9. The van der Waals surface area contributed by atoms with E-state index in [0.717, 1.165) is 58.4 Å². The minimum absolute atomic E-state index is 0.00920. The number of piperazine rings is 1. The van der Waals surface area contributed by atoms with Crippen LogP contribution < -0.4 is 5.32 Å². The van der Waals surface area contributed by atoms with E-state index in [2.05, 4.69) is 48.3 Å². The monoisotopic (exact) mass is 399 g/mol. The maximum Gasteiger partial charge on any atom is 0.245 e. The Balaban J connectivity index is 1.77. The fourth-order valence-electron chi connectivity index (χ4n) is 3.62. The SMILES string of the molecule is CCCCCC(=O)NC(CCC)C(=O)N1CCN(C/C=C/c2ccccc2)CC1. The van der Waals surface area contributed by atoms with Crippen LogP contribution in [-0.2, 0) is 9.59 Å². The molecule has 1 aromatic carbocycles.